The molecule has 1 amide bonds. The molecule has 4 atom stereocenters. The Morgan fingerprint density at radius 3 is 2.50 bits per heavy atom. The molecule has 2 fully saturated rings. The van der Waals surface area contributed by atoms with Crippen molar-refractivity contribution in [3.05, 3.63) is 28.7 Å². The van der Waals surface area contributed by atoms with Crippen molar-refractivity contribution < 1.29 is 17.6 Å². The number of amides is 1. The van der Waals surface area contributed by atoms with Crippen LogP contribution in [0.15, 0.2) is 32.3 Å². The zero-order chi connectivity index (χ0) is 23.0. The van der Waals surface area contributed by atoms with Crippen LogP contribution in [0.2, 0.25) is 0 Å². The third kappa shape index (κ3) is 4.64. The van der Waals surface area contributed by atoms with Gasteiger partial charge >= 0.3 is 5.76 Å². The van der Waals surface area contributed by atoms with Crippen molar-refractivity contribution in [3.8, 4) is 0 Å². The lowest BCUT2D eigenvalue weighted by Gasteiger charge is -2.34. The number of fused-ring (bicyclic) bond motifs is 1. The first kappa shape index (κ1) is 23.0. The fourth-order valence-electron chi connectivity index (χ4n) is 5.23. The highest BCUT2D eigenvalue weighted by Gasteiger charge is 2.32. The van der Waals surface area contributed by atoms with Crippen LogP contribution in [0.4, 0.5) is 0 Å². The van der Waals surface area contributed by atoms with Crippen LogP contribution in [0.25, 0.3) is 11.1 Å². The van der Waals surface area contributed by atoms with Gasteiger partial charge in [-0.05, 0) is 49.1 Å². The number of nitrogens with zero attached hydrogens (tertiary/aromatic N) is 2. The summed E-state index contributed by atoms with van der Waals surface area (Å²) < 4.78 is 34.5. The number of oxazole rings is 1. The van der Waals surface area contributed by atoms with Crippen LogP contribution in [0.3, 0.4) is 0 Å². The molecule has 0 radical (unpaired) electrons. The number of hydrogen-bond donors (Lipinski definition) is 1. The van der Waals surface area contributed by atoms with Gasteiger partial charge in [-0.15, -0.1) is 0 Å². The molecule has 0 spiro atoms. The molecule has 0 unspecified atom stereocenters. The number of benzene rings is 1. The number of hydrogen-bond acceptors (Lipinski definition) is 5. The normalized spacial score (nSPS) is 27.5. The first-order chi connectivity index (χ1) is 15.1. The smallest absolute Gasteiger partial charge is 0.408 e. The Hall–Kier alpha value is -2.13. The fourth-order valence-corrected chi connectivity index (χ4v) is 6.93. The predicted molar refractivity (Wildman–Crippen MR) is 122 cm³/mol. The van der Waals surface area contributed by atoms with Gasteiger partial charge in [0.05, 0.1) is 10.4 Å². The van der Waals surface area contributed by atoms with Crippen LogP contribution in [-0.4, -0.2) is 42.3 Å². The second kappa shape index (κ2) is 9.02. The Kier molecular flexibility index (Phi) is 6.49. The summed E-state index contributed by atoms with van der Waals surface area (Å²) in [4.78, 5) is 25.1. The molecule has 8 nitrogen and oxygen atoms in total. The van der Waals surface area contributed by atoms with Gasteiger partial charge in [-0.2, -0.15) is 4.31 Å². The third-order valence-electron chi connectivity index (χ3n) is 6.87. The van der Waals surface area contributed by atoms with Crippen LogP contribution >= 0.6 is 0 Å². The van der Waals surface area contributed by atoms with E-state index in [-0.39, 0.29) is 29.0 Å². The predicted octanol–water partition coefficient (Wildman–Crippen LogP) is 2.96. The van der Waals surface area contributed by atoms with Crippen molar-refractivity contribution in [1.82, 2.24) is 14.2 Å². The number of sulfonamides is 1. The highest BCUT2D eigenvalue weighted by molar-refractivity contribution is 7.89. The lowest BCUT2D eigenvalue weighted by Crippen LogP contribution is -2.43. The van der Waals surface area contributed by atoms with E-state index in [1.54, 1.807) is 6.07 Å². The van der Waals surface area contributed by atoms with Gasteiger partial charge in [-0.1, -0.05) is 33.6 Å². The minimum Gasteiger partial charge on any atom is -0.408 e. The Morgan fingerprint density at radius 1 is 1.12 bits per heavy atom. The van der Waals surface area contributed by atoms with Crippen LogP contribution in [0.1, 0.15) is 52.9 Å². The van der Waals surface area contributed by atoms with E-state index in [9.17, 15) is 18.0 Å². The van der Waals surface area contributed by atoms with Crippen LogP contribution < -0.4 is 11.1 Å². The summed E-state index contributed by atoms with van der Waals surface area (Å²) >= 11 is 0. The molecule has 1 saturated carbocycles. The van der Waals surface area contributed by atoms with Gasteiger partial charge in [-0.25, -0.2) is 13.2 Å². The second-order valence-corrected chi connectivity index (χ2v) is 11.7. The van der Waals surface area contributed by atoms with Crippen molar-refractivity contribution >= 4 is 27.0 Å². The number of carbonyl (C=O) groups is 1. The van der Waals surface area contributed by atoms with E-state index in [0.29, 0.717) is 36.4 Å². The number of aromatic nitrogens is 1. The largest absolute Gasteiger partial charge is 0.420 e. The molecule has 1 saturated heterocycles. The minimum absolute atomic E-state index is 0.104. The second-order valence-electron chi connectivity index (χ2n) is 9.79. The molecule has 9 heteroatoms. The Morgan fingerprint density at radius 2 is 1.81 bits per heavy atom. The van der Waals surface area contributed by atoms with Crippen molar-refractivity contribution in [2.45, 2.75) is 70.4 Å². The molecule has 32 heavy (non-hydrogen) atoms. The molecule has 0 bridgehead atoms. The average molecular weight is 464 g/mol. The first-order valence-corrected chi connectivity index (χ1v) is 13.0. The number of piperidine rings is 1. The van der Waals surface area contributed by atoms with Crippen molar-refractivity contribution in [3.63, 3.8) is 0 Å². The molecule has 1 N–H and O–H groups in total. The quantitative estimate of drug-likeness (QED) is 0.735. The molecule has 176 valence electrons. The molecule has 1 aromatic heterocycles. The molecule has 2 aromatic rings. The molecular formula is C23H33N3O5S. The lowest BCUT2D eigenvalue weighted by molar-refractivity contribution is -0.123. The molecule has 2 heterocycles. The SMILES string of the molecule is C[C@@H]1C[C@@H](C)CN(S(=O)(=O)c2ccc3c(c2)oc(=O)n3CC(=O)N[C@@H]2CCCC[C@@H]2C)C1. The number of carbonyl (C=O) groups excluding carboxylic acids is 1. The average Bonchev–Trinajstić information content (AvgIpc) is 3.03. The van der Waals surface area contributed by atoms with Crippen LogP contribution in [0, 0.1) is 17.8 Å². The van der Waals surface area contributed by atoms with Gasteiger partial charge in [0.1, 0.15) is 6.54 Å². The van der Waals surface area contributed by atoms with E-state index in [1.165, 1.54) is 27.4 Å². The fraction of sp³-hybridized carbons (Fsp3) is 0.652. The summed E-state index contributed by atoms with van der Waals surface area (Å²) in [6, 6.07) is 4.57. The van der Waals surface area contributed by atoms with Crippen molar-refractivity contribution in [2.75, 3.05) is 13.1 Å². The summed E-state index contributed by atoms with van der Waals surface area (Å²) in [5, 5.41) is 3.04. The van der Waals surface area contributed by atoms with E-state index < -0.39 is 15.8 Å². The summed E-state index contributed by atoms with van der Waals surface area (Å²) in [5.41, 5.74) is 0.592. The van der Waals surface area contributed by atoms with Gasteiger partial charge in [0, 0.05) is 25.2 Å². The maximum absolute atomic E-state index is 13.2. The highest BCUT2D eigenvalue weighted by atomic mass is 32.2. The topological polar surface area (TPSA) is 102 Å². The van der Waals surface area contributed by atoms with E-state index >= 15 is 0 Å². The standard InChI is InChI=1S/C23H33N3O5S/c1-15-10-16(2)13-25(12-15)32(29,30)18-8-9-20-21(11-18)31-23(28)26(20)14-22(27)24-19-7-5-4-6-17(19)3/h8-9,11,15-17,19H,4-7,10,12-14H2,1-3H3,(H,24,27)/t15-,16-,17+,19-/m1/s1. The first-order valence-electron chi connectivity index (χ1n) is 11.6. The number of rotatable bonds is 5. The van der Waals surface area contributed by atoms with Crippen molar-refractivity contribution in [2.24, 2.45) is 17.8 Å². The third-order valence-corrected chi connectivity index (χ3v) is 8.70. The van der Waals surface area contributed by atoms with Crippen LogP contribution in [0.5, 0.6) is 0 Å². The van der Waals surface area contributed by atoms with E-state index in [4.69, 9.17) is 4.42 Å². The van der Waals surface area contributed by atoms with Crippen molar-refractivity contribution in [1.29, 1.82) is 0 Å². The van der Waals surface area contributed by atoms with Gasteiger partial charge in [-0.3, -0.25) is 9.36 Å². The molecule has 1 aliphatic carbocycles. The summed E-state index contributed by atoms with van der Waals surface area (Å²) in [5.74, 6) is 0.102. The van der Waals surface area contributed by atoms with E-state index in [1.807, 2.05) is 0 Å². The maximum Gasteiger partial charge on any atom is 0.420 e. The van der Waals surface area contributed by atoms with E-state index in [0.717, 1.165) is 25.7 Å². The maximum atomic E-state index is 13.2. The lowest BCUT2D eigenvalue weighted by atomic mass is 9.86. The zero-order valence-electron chi connectivity index (χ0n) is 19.0. The number of nitrogens with one attached hydrogen (secondary N) is 1. The molecular weight excluding hydrogens is 430 g/mol. The summed E-state index contributed by atoms with van der Waals surface area (Å²) in [6.45, 7) is 7.06. The molecule has 1 aromatic carbocycles. The molecule has 4 rings (SSSR count). The van der Waals surface area contributed by atoms with Gasteiger partial charge in [0.2, 0.25) is 15.9 Å². The van der Waals surface area contributed by atoms with E-state index in [2.05, 4.69) is 26.1 Å². The molecule has 1 aliphatic heterocycles. The molecule has 2 aliphatic rings. The van der Waals surface area contributed by atoms with Gasteiger partial charge in [0.25, 0.3) is 0 Å². The van der Waals surface area contributed by atoms with Gasteiger partial charge < -0.3 is 9.73 Å². The highest BCUT2D eigenvalue weighted by Crippen LogP contribution is 2.28. The Bertz CT molecular complexity index is 1140. The minimum atomic E-state index is -3.69. The Balaban J connectivity index is 1.55. The monoisotopic (exact) mass is 463 g/mol. The van der Waals surface area contributed by atoms with Gasteiger partial charge in [0.15, 0.2) is 5.58 Å². The summed E-state index contributed by atoms with van der Waals surface area (Å²) in [7, 11) is -3.69. The zero-order valence-corrected chi connectivity index (χ0v) is 19.9. The summed E-state index contributed by atoms with van der Waals surface area (Å²) in [6.07, 6.45) is 5.31. The van der Waals surface area contributed by atoms with Crippen LogP contribution in [-0.2, 0) is 21.4 Å². The Labute approximate surface area is 189 Å².